The van der Waals surface area contributed by atoms with Crippen molar-refractivity contribution in [1.82, 2.24) is 15.0 Å². The van der Waals surface area contributed by atoms with Crippen LogP contribution in [-0.4, -0.2) is 33.0 Å². The molecule has 182 valence electrons. The van der Waals surface area contributed by atoms with Gasteiger partial charge in [-0.2, -0.15) is 13.5 Å². The molecule has 10 heteroatoms. The van der Waals surface area contributed by atoms with Gasteiger partial charge in [0.1, 0.15) is 11.3 Å². The normalized spacial score (nSPS) is 11.6. The number of fused-ring (bicyclic) bond motifs is 4. The molecular formula is C27H19N5O4S. The summed E-state index contributed by atoms with van der Waals surface area (Å²) in [4.78, 5) is 12.5. The molecule has 3 aromatic heterocycles. The van der Waals surface area contributed by atoms with Gasteiger partial charge in [0.05, 0.1) is 27.3 Å². The van der Waals surface area contributed by atoms with E-state index in [2.05, 4.69) is 43.4 Å². The maximum Gasteiger partial charge on any atom is 0.294 e. The van der Waals surface area contributed by atoms with E-state index in [0.717, 1.165) is 21.8 Å². The zero-order valence-corrected chi connectivity index (χ0v) is 20.0. The van der Waals surface area contributed by atoms with Crippen molar-refractivity contribution >= 4 is 54.2 Å². The van der Waals surface area contributed by atoms with Gasteiger partial charge in [-0.15, -0.1) is 5.11 Å². The predicted octanol–water partition coefficient (Wildman–Crippen LogP) is 6.39. The lowest BCUT2D eigenvalue weighted by atomic mass is 10.1. The summed E-state index contributed by atoms with van der Waals surface area (Å²) < 4.78 is 30.9. The highest BCUT2D eigenvalue weighted by molar-refractivity contribution is 7.85. The average Bonchev–Trinajstić information content (AvgIpc) is 2.93. The van der Waals surface area contributed by atoms with E-state index in [0.29, 0.717) is 22.3 Å². The maximum absolute atomic E-state index is 11.0. The molecule has 0 aliphatic heterocycles. The van der Waals surface area contributed by atoms with Gasteiger partial charge in [-0.1, -0.05) is 12.1 Å². The van der Waals surface area contributed by atoms with Crippen LogP contribution in [0.2, 0.25) is 0 Å². The summed E-state index contributed by atoms with van der Waals surface area (Å²) in [6, 6.07) is 24.0. The van der Waals surface area contributed by atoms with Crippen molar-refractivity contribution in [3.8, 4) is 5.75 Å². The van der Waals surface area contributed by atoms with E-state index in [1.165, 1.54) is 30.3 Å². The van der Waals surface area contributed by atoms with Gasteiger partial charge in [0.15, 0.2) is 0 Å². The third-order valence-electron chi connectivity index (χ3n) is 5.49. The minimum Gasteiger partial charge on any atom is -0.506 e. The van der Waals surface area contributed by atoms with Crippen LogP contribution in [0.3, 0.4) is 0 Å². The fourth-order valence-corrected chi connectivity index (χ4v) is 4.20. The van der Waals surface area contributed by atoms with Crippen LogP contribution < -0.4 is 0 Å². The molecule has 0 saturated heterocycles. The van der Waals surface area contributed by atoms with Gasteiger partial charge in [0, 0.05) is 34.7 Å². The molecule has 6 rings (SSSR count). The highest BCUT2D eigenvalue weighted by Crippen LogP contribution is 2.32. The Bertz CT molecular complexity index is 1820. The van der Waals surface area contributed by atoms with Crippen LogP contribution in [0.4, 0.5) is 11.4 Å². The summed E-state index contributed by atoms with van der Waals surface area (Å²) in [5.41, 5.74) is 3.38. The lowest BCUT2D eigenvalue weighted by Crippen LogP contribution is -1.96. The number of hydrogen-bond acceptors (Lipinski definition) is 8. The molecule has 2 N–H and O–H groups in total. The Balaban J connectivity index is 0.000000170. The summed E-state index contributed by atoms with van der Waals surface area (Å²) in [5.74, 6) is 0.0528. The topological polar surface area (TPSA) is 138 Å². The third-order valence-corrected chi connectivity index (χ3v) is 6.35. The number of hydrogen-bond donors (Lipinski definition) is 2. The largest absolute Gasteiger partial charge is 0.506 e. The number of nitrogens with zero attached hydrogens (tertiary/aromatic N) is 5. The first-order chi connectivity index (χ1) is 17.9. The molecule has 0 aliphatic rings. The van der Waals surface area contributed by atoms with Gasteiger partial charge in [-0.25, -0.2) is 0 Å². The quantitative estimate of drug-likeness (QED) is 0.160. The van der Waals surface area contributed by atoms with Crippen LogP contribution >= 0.6 is 0 Å². The molecule has 0 radical (unpaired) electrons. The summed E-state index contributed by atoms with van der Waals surface area (Å²) in [7, 11) is -4.23. The summed E-state index contributed by atoms with van der Waals surface area (Å²) >= 11 is 0. The number of phenolic OH excluding ortho intramolecular Hbond substituents is 1. The van der Waals surface area contributed by atoms with Gasteiger partial charge >= 0.3 is 0 Å². The maximum atomic E-state index is 11.0. The first-order valence-corrected chi connectivity index (χ1v) is 12.5. The van der Waals surface area contributed by atoms with Gasteiger partial charge < -0.3 is 5.11 Å². The minimum atomic E-state index is -4.23. The van der Waals surface area contributed by atoms with Crippen molar-refractivity contribution in [2.75, 3.05) is 0 Å². The number of aromatic nitrogens is 3. The minimum absolute atomic E-state index is 0.0528. The smallest absolute Gasteiger partial charge is 0.294 e. The van der Waals surface area contributed by atoms with E-state index in [9.17, 15) is 13.5 Å². The monoisotopic (exact) mass is 509 g/mol. The molecule has 37 heavy (non-hydrogen) atoms. The van der Waals surface area contributed by atoms with Crippen LogP contribution in [0.25, 0.3) is 32.7 Å². The first-order valence-electron chi connectivity index (χ1n) is 11.0. The lowest BCUT2D eigenvalue weighted by Gasteiger charge is -2.02. The van der Waals surface area contributed by atoms with Gasteiger partial charge in [0.2, 0.25) is 0 Å². The summed E-state index contributed by atoms with van der Waals surface area (Å²) in [5, 5.41) is 20.8. The molecule has 0 unspecified atom stereocenters. The van der Waals surface area contributed by atoms with Crippen molar-refractivity contribution in [3.05, 3.63) is 104 Å². The van der Waals surface area contributed by atoms with Crippen molar-refractivity contribution in [1.29, 1.82) is 0 Å². The second-order valence-electron chi connectivity index (χ2n) is 7.88. The molecular weight excluding hydrogens is 490 g/mol. The molecule has 6 aromatic rings. The van der Waals surface area contributed by atoms with Crippen molar-refractivity contribution < 1.29 is 18.1 Å². The van der Waals surface area contributed by atoms with E-state index in [-0.39, 0.29) is 10.6 Å². The lowest BCUT2D eigenvalue weighted by molar-refractivity contribution is 0.480. The molecule has 0 spiro atoms. The Labute approximate surface area is 211 Å². The molecule has 3 aromatic carbocycles. The van der Waals surface area contributed by atoms with E-state index in [4.69, 9.17) is 4.55 Å². The third kappa shape index (κ3) is 5.25. The van der Waals surface area contributed by atoms with Crippen LogP contribution in [0, 0.1) is 0 Å². The van der Waals surface area contributed by atoms with Gasteiger partial charge in [0.25, 0.3) is 10.1 Å². The second kappa shape index (κ2) is 10.1. The highest BCUT2D eigenvalue weighted by Gasteiger charge is 2.09. The van der Waals surface area contributed by atoms with Crippen LogP contribution in [0.15, 0.2) is 119 Å². The van der Waals surface area contributed by atoms with Crippen molar-refractivity contribution in [3.63, 3.8) is 0 Å². The first kappa shape index (κ1) is 23.9. The molecule has 0 aliphatic carbocycles. The molecule has 0 bridgehead atoms. The van der Waals surface area contributed by atoms with E-state index >= 15 is 0 Å². The van der Waals surface area contributed by atoms with Crippen molar-refractivity contribution in [2.24, 2.45) is 10.2 Å². The Morgan fingerprint density at radius 2 is 1.32 bits per heavy atom. The van der Waals surface area contributed by atoms with E-state index < -0.39 is 10.1 Å². The molecule has 0 atom stereocenters. The molecule has 9 nitrogen and oxygen atoms in total. The van der Waals surface area contributed by atoms with E-state index in [1.54, 1.807) is 30.6 Å². The predicted molar refractivity (Wildman–Crippen MR) is 141 cm³/mol. The number of rotatable bonds is 3. The molecule has 0 fully saturated rings. The number of aromatic hydroxyl groups is 1. The zero-order valence-electron chi connectivity index (χ0n) is 19.2. The number of benzene rings is 3. The van der Waals surface area contributed by atoms with Crippen LogP contribution in [0.5, 0.6) is 5.75 Å². The highest BCUT2D eigenvalue weighted by atomic mass is 32.2. The second-order valence-corrected chi connectivity index (χ2v) is 9.30. The van der Waals surface area contributed by atoms with Crippen LogP contribution in [-0.2, 0) is 10.1 Å². The van der Waals surface area contributed by atoms with Gasteiger partial charge in [-0.05, 0) is 72.8 Å². The Hall–Kier alpha value is -4.80. The Morgan fingerprint density at radius 3 is 2.08 bits per heavy atom. The summed E-state index contributed by atoms with van der Waals surface area (Å²) in [6.45, 7) is 0. The van der Waals surface area contributed by atoms with Gasteiger partial charge in [-0.3, -0.25) is 19.5 Å². The number of phenols is 1. The number of pyridine rings is 3. The fraction of sp³-hybridized carbons (Fsp3) is 0. The summed E-state index contributed by atoms with van der Waals surface area (Å²) in [6.07, 6.45) is 5.18. The SMILES string of the molecule is O=S(=O)(O)c1ccc(N=Nc2ccc(O)c3ncccc23)cc1.c1cnc2c(c1)ccc1ncccc12. The molecule has 3 heterocycles. The molecule has 0 amide bonds. The Morgan fingerprint density at radius 1 is 0.649 bits per heavy atom. The number of azo groups is 1. The molecule has 0 saturated carbocycles. The fourth-order valence-electron chi connectivity index (χ4n) is 3.72. The Kier molecular flexibility index (Phi) is 6.50. The van der Waals surface area contributed by atoms with Crippen molar-refractivity contribution in [2.45, 2.75) is 4.90 Å². The van der Waals surface area contributed by atoms with Crippen LogP contribution in [0.1, 0.15) is 0 Å². The standard InChI is InChI=1S/C15H11N3O4S.C12H8N2/c19-14-8-7-13(12-2-1-9-16-15(12)14)18-17-10-3-5-11(6-4-10)23(20,21)22;1-3-9-5-6-11-10(4-2-7-13-11)12(9)14-8-1/h1-9,19H,(H,20,21,22);1-8H. The zero-order chi connectivity index (χ0) is 25.8. The van der Waals surface area contributed by atoms with E-state index in [1.807, 2.05) is 24.4 Å². The average molecular weight is 510 g/mol.